The molecular formula is C16H17BrClNO2. The second kappa shape index (κ2) is 7.69. The van der Waals surface area contributed by atoms with Gasteiger partial charge < -0.3 is 14.8 Å². The van der Waals surface area contributed by atoms with Crippen molar-refractivity contribution in [3.8, 4) is 11.5 Å². The zero-order valence-electron chi connectivity index (χ0n) is 12.0. The van der Waals surface area contributed by atoms with Gasteiger partial charge in [-0.25, -0.2) is 0 Å². The molecule has 0 amide bonds. The van der Waals surface area contributed by atoms with Gasteiger partial charge in [-0.05, 0) is 58.9 Å². The number of rotatable bonds is 6. The molecule has 3 nitrogen and oxygen atoms in total. The van der Waals surface area contributed by atoms with Crippen molar-refractivity contribution in [2.45, 2.75) is 13.2 Å². The van der Waals surface area contributed by atoms with Crippen molar-refractivity contribution in [3.05, 3.63) is 57.0 Å². The number of halogens is 2. The minimum absolute atomic E-state index is 0.397. The van der Waals surface area contributed by atoms with E-state index in [1.165, 1.54) is 5.56 Å². The Morgan fingerprint density at radius 2 is 1.90 bits per heavy atom. The molecule has 0 aliphatic carbocycles. The van der Waals surface area contributed by atoms with Crippen LogP contribution >= 0.6 is 27.5 Å². The number of hydrogen-bond acceptors (Lipinski definition) is 3. The molecule has 112 valence electrons. The maximum absolute atomic E-state index is 6.02. The van der Waals surface area contributed by atoms with E-state index in [4.69, 9.17) is 21.1 Å². The lowest BCUT2D eigenvalue weighted by atomic mass is 10.2. The van der Waals surface area contributed by atoms with E-state index in [0.29, 0.717) is 11.6 Å². The highest BCUT2D eigenvalue weighted by Gasteiger charge is 2.07. The molecule has 0 saturated heterocycles. The summed E-state index contributed by atoms with van der Waals surface area (Å²) in [6.45, 7) is 1.22. The SMILES string of the molecule is CNCc1ccc(OCc2cc(Cl)ccc2OC)c(Br)c1. The van der Waals surface area contributed by atoms with Crippen LogP contribution in [0.4, 0.5) is 0 Å². The number of ether oxygens (including phenoxy) is 2. The fraction of sp³-hybridized carbons (Fsp3) is 0.250. The second-order valence-electron chi connectivity index (χ2n) is 4.54. The van der Waals surface area contributed by atoms with Crippen LogP contribution in [0, 0.1) is 0 Å². The molecule has 0 aliphatic rings. The predicted octanol–water partition coefficient (Wildman–Crippen LogP) is 4.41. The van der Waals surface area contributed by atoms with Crippen LogP contribution in [0.25, 0.3) is 0 Å². The molecule has 0 bridgehead atoms. The summed E-state index contributed by atoms with van der Waals surface area (Å²) in [5, 5.41) is 3.78. The maximum Gasteiger partial charge on any atom is 0.134 e. The van der Waals surface area contributed by atoms with Gasteiger partial charge in [-0.3, -0.25) is 0 Å². The van der Waals surface area contributed by atoms with E-state index >= 15 is 0 Å². The summed E-state index contributed by atoms with van der Waals surface area (Å²) in [5.41, 5.74) is 2.10. The molecule has 0 fully saturated rings. The first kappa shape index (κ1) is 16.1. The third-order valence-corrected chi connectivity index (χ3v) is 3.86. The van der Waals surface area contributed by atoms with Crippen molar-refractivity contribution in [2.24, 2.45) is 0 Å². The molecule has 0 radical (unpaired) electrons. The lowest BCUT2D eigenvalue weighted by Crippen LogP contribution is -2.05. The molecule has 21 heavy (non-hydrogen) atoms. The topological polar surface area (TPSA) is 30.5 Å². The molecule has 5 heteroatoms. The van der Waals surface area contributed by atoms with Crippen molar-refractivity contribution in [3.63, 3.8) is 0 Å². The third-order valence-electron chi connectivity index (χ3n) is 3.00. The minimum atomic E-state index is 0.397. The molecule has 0 spiro atoms. The van der Waals surface area contributed by atoms with Gasteiger partial charge in [0.15, 0.2) is 0 Å². The molecule has 2 rings (SSSR count). The number of methoxy groups -OCH3 is 1. The summed E-state index contributed by atoms with van der Waals surface area (Å²) in [6, 6.07) is 11.5. The molecule has 0 unspecified atom stereocenters. The first-order chi connectivity index (χ1) is 10.1. The number of hydrogen-bond donors (Lipinski definition) is 1. The Morgan fingerprint density at radius 1 is 1.14 bits per heavy atom. The van der Waals surface area contributed by atoms with Gasteiger partial charge in [0.25, 0.3) is 0 Å². The van der Waals surface area contributed by atoms with Crippen LogP contribution in [0.3, 0.4) is 0 Å². The second-order valence-corrected chi connectivity index (χ2v) is 5.83. The lowest BCUT2D eigenvalue weighted by Gasteiger charge is -2.12. The van der Waals surface area contributed by atoms with Crippen LogP contribution in [-0.2, 0) is 13.2 Å². The summed E-state index contributed by atoms with van der Waals surface area (Å²) in [7, 11) is 3.55. The Kier molecular flexibility index (Phi) is 5.91. The van der Waals surface area contributed by atoms with Crippen LogP contribution in [0.1, 0.15) is 11.1 Å². The van der Waals surface area contributed by atoms with Gasteiger partial charge in [-0.1, -0.05) is 17.7 Å². The van der Waals surface area contributed by atoms with Gasteiger partial charge in [0.2, 0.25) is 0 Å². The quantitative estimate of drug-likeness (QED) is 0.817. The smallest absolute Gasteiger partial charge is 0.134 e. The van der Waals surface area contributed by atoms with Crippen molar-refractivity contribution < 1.29 is 9.47 Å². The first-order valence-electron chi connectivity index (χ1n) is 6.52. The third kappa shape index (κ3) is 4.37. The van der Waals surface area contributed by atoms with Gasteiger partial charge in [0.05, 0.1) is 11.6 Å². The molecule has 0 aromatic heterocycles. The summed E-state index contributed by atoms with van der Waals surface area (Å²) in [6.07, 6.45) is 0. The van der Waals surface area contributed by atoms with Gasteiger partial charge >= 0.3 is 0 Å². The Balaban J connectivity index is 2.11. The van der Waals surface area contributed by atoms with Crippen LogP contribution < -0.4 is 14.8 Å². The zero-order chi connectivity index (χ0) is 15.2. The van der Waals surface area contributed by atoms with Crippen LogP contribution in [0.5, 0.6) is 11.5 Å². The van der Waals surface area contributed by atoms with Gasteiger partial charge in [-0.2, -0.15) is 0 Å². The van der Waals surface area contributed by atoms with Gasteiger partial charge in [-0.15, -0.1) is 0 Å². The van der Waals surface area contributed by atoms with Crippen LogP contribution in [0.2, 0.25) is 5.02 Å². The number of nitrogens with one attached hydrogen (secondary N) is 1. The summed E-state index contributed by atoms with van der Waals surface area (Å²) in [4.78, 5) is 0. The highest BCUT2D eigenvalue weighted by molar-refractivity contribution is 9.10. The van der Waals surface area contributed by atoms with Crippen LogP contribution in [0.15, 0.2) is 40.9 Å². The minimum Gasteiger partial charge on any atom is -0.496 e. The molecule has 0 saturated carbocycles. The summed E-state index contributed by atoms with van der Waals surface area (Å²) < 4.78 is 12.1. The Labute approximate surface area is 138 Å². The van der Waals surface area contributed by atoms with E-state index in [9.17, 15) is 0 Å². The predicted molar refractivity (Wildman–Crippen MR) is 89.2 cm³/mol. The van der Waals surface area contributed by atoms with Crippen molar-refractivity contribution >= 4 is 27.5 Å². The van der Waals surface area contributed by atoms with Crippen LogP contribution in [-0.4, -0.2) is 14.2 Å². The summed E-state index contributed by atoms with van der Waals surface area (Å²) in [5.74, 6) is 1.55. The van der Waals surface area contributed by atoms with E-state index < -0.39 is 0 Å². The highest BCUT2D eigenvalue weighted by atomic mass is 79.9. The molecule has 2 aromatic rings. The van der Waals surface area contributed by atoms with Gasteiger partial charge in [0, 0.05) is 17.1 Å². The standard InChI is InChI=1S/C16H17BrClNO2/c1-19-9-11-3-5-16(14(17)7-11)21-10-12-8-13(18)4-6-15(12)20-2/h3-8,19H,9-10H2,1-2H3. The molecule has 0 heterocycles. The Morgan fingerprint density at radius 3 is 2.57 bits per heavy atom. The normalized spacial score (nSPS) is 10.5. The molecule has 2 aromatic carbocycles. The van der Waals surface area contributed by atoms with E-state index in [1.54, 1.807) is 13.2 Å². The summed E-state index contributed by atoms with van der Waals surface area (Å²) >= 11 is 9.55. The Bertz CT molecular complexity index is 619. The largest absolute Gasteiger partial charge is 0.496 e. The van der Waals surface area contributed by atoms with Crippen molar-refractivity contribution in [2.75, 3.05) is 14.2 Å². The van der Waals surface area contributed by atoms with E-state index in [-0.39, 0.29) is 0 Å². The number of benzene rings is 2. The maximum atomic E-state index is 6.02. The average Bonchev–Trinajstić information content (AvgIpc) is 2.47. The Hall–Kier alpha value is -1.23. The van der Waals surface area contributed by atoms with E-state index in [2.05, 4.69) is 21.2 Å². The van der Waals surface area contributed by atoms with E-state index in [1.807, 2.05) is 37.4 Å². The first-order valence-corrected chi connectivity index (χ1v) is 7.69. The molecule has 1 N–H and O–H groups in total. The lowest BCUT2D eigenvalue weighted by molar-refractivity contribution is 0.295. The highest BCUT2D eigenvalue weighted by Crippen LogP contribution is 2.29. The fourth-order valence-electron chi connectivity index (χ4n) is 1.99. The van der Waals surface area contributed by atoms with Crippen molar-refractivity contribution in [1.82, 2.24) is 5.32 Å². The molecular weight excluding hydrogens is 354 g/mol. The monoisotopic (exact) mass is 369 g/mol. The van der Waals surface area contributed by atoms with Gasteiger partial charge in [0.1, 0.15) is 18.1 Å². The molecule has 0 aliphatic heterocycles. The fourth-order valence-corrected chi connectivity index (χ4v) is 2.73. The van der Waals surface area contributed by atoms with Crippen molar-refractivity contribution in [1.29, 1.82) is 0 Å². The van der Waals surface area contributed by atoms with E-state index in [0.717, 1.165) is 28.1 Å². The molecule has 0 atom stereocenters. The zero-order valence-corrected chi connectivity index (χ0v) is 14.3. The average molecular weight is 371 g/mol.